The summed E-state index contributed by atoms with van der Waals surface area (Å²) in [7, 11) is 0. The van der Waals surface area contributed by atoms with Crippen LogP contribution in [0.2, 0.25) is 5.02 Å². The molecule has 1 aromatic heterocycles. The molecule has 0 saturated carbocycles. The lowest BCUT2D eigenvalue weighted by atomic mass is 10.0. The fraction of sp³-hybridized carbons (Fsp3) is 0.286. The minimum Gasteiger partial charge on any atom is -0.310 e. The number of rotatable bonds is 5. The highest BCUT2D eigenvalue weighted by atomic mass is 79.9. The van der Waals surface area contributed by atoms with Gasteiger partial charge in [0.1, 0.15) is 5.82 Å². The minimum absolute atomic E-state index is 0.0994. The zero-order valence-electron chi connectivity index (χ0n) is 10.4. The zero-order chi connectivity index (χ0) is 13.8. The summed E-state index contributed by atoms with van der Waals surface area (Å²) in [6.07, 6.45) is 0.838. The number of thiophene rings is 1. The van der Waals surface area contributed by atoms with Crippen LogP contribution in [-0.4, -0.2) is 6.54 Å². The summed E-state index contributed by atoms with van der Waals surface area (Å²) in [4.78, 5) is 1.26. The topological polar surface area (TPSA) is 12.0 Å². The first-order valence-corrected chi connectivity index (χ1v) is 8.06. The quantitative estimate of drug-likeness (QED) is 0.771. The van der Waals surface area contributed by atoms with Crippen molar-refractivity contribution >= 4 is 38.9 Å². The third kappa shape index (κ3) is 4.02. The Morgan fingerprint density at radius 2 is 2.21 bits per heavy atom. The van der Waals surface area contributed by atoms with E-state index in [1.165, 1.54) is 10.9 Å². The second-order valence-electron chi connectivity index (χ2n) is 4.22. The van der Waals surface area contributed by atoms with Gasteiger partial charge in [0.05, 0.1) is 5.02 Å². The minimum atomic E-state index is -0.366. The number of halogens is 3. The molecule has 0 aliphatic carbocycles. The van der Waals surface area contributed by atoms with Crippen LogP contribution in [0.1, 0.15) is 23.4 Å². The zero-order valence-corrected chi connectivity index (χ0v) is 13.6. The van der Waals surface area contributed by atoms with E-state index in [2.05, 4.69) is 32.7 Å². The summed E-state index contributed by atoms with van der Waals surface area (Å²) >= 11 is 10.9. The van der Waals surface area contributed by atoms with Crippen LogP contribution in [0.3, 0.4) is 0 Å². The maximum absolute atomic E-state index is 13.6. The molecule has 19 heavy (non-hydrogen) atoms. The van der Waals surface area contributed by atoms with E-state index in [4.69, 9.17) is 11.6 Å². The molecule has 1 heterocycles. The second-order valence-corrected chi connectivity index (χ2v) is 6.54. The van der Waals surface area contributed by atoms with Gasteiger partial charge >= 0.3 is 0 Å². The molecule has 102 valence electrons. The van der Waals surface area contributed by atoms with Crippen LogP contribution in [0.5, 0.6) is 0 Å². The molecule has 1 N–H and O–H groups in total. The maximum atomic E-state index is 13.6. The van der Waals surface area contributed by atoms with Crippen molar-refractivity contribution < 1.29 is 4.39 Å². The second kappa shape index (κ2) is 6.84. The molecule has 1 nitrogen and oxygen atoms in total. The van der Waals surface area contributed by atoms with Crippen LogP contribution < -0.4 is 5.32 Å². The number of benzene rings is 1. The standard InChI is InChI=1S/C14H14BrClFNS/c1-2-18-14(7-11-6-10(15)8-19-11)9-3-4-12(16)13(17)5-9/h3-6,8,14,18H,2,7H2,1H3. The van der Waals surface area contributed by atoms with Crippen LogP contribution in [0, 0.1) is 5.82 Å². The smallest absolute Gasteiger partial charge is 0.142 e. The fourth-order valence-electron chi connectivity index (χ4n) is 1.95. The monoisotopic (exact) mass is 361 g/mol. The Balaban J connectivity index is 2.21. The largest absolute Gasteiger partial charge is 0.310 e. The molecule has 0 aliphatic heterocycles. The Kier molecular flexibility index (Phi) is 5.39. The lowest BCUT2D eigenvalue weighted by molar-refractivity contribution is 0.546. The molecule has 0 aliphatic rings. The van der Waals surface area contributed by atoms with Crippen molar-refractivity contribution in [2.45, 2.75) is 19.4 Å². The van der Waals surface area contributed by atoms with Gasteiger partial charge in [-0.05, 0) is 46.2 Å². The SMILES string of the molecule is CCNC(Cc1cc(Br)cs1)c1ccc(Cl)c(F)c1. The fourth-order valence-corrected chi connectivity index (χ4v) is 3.56. The van der Waals surface area contributed by atoms with Gasteiger partial charge in [-0.25, -0.2) is 4.39 Å². The van der Waals surface area contributed by atoms with E-state index >= 15 is 0 Å². The van der Waals surface area contributed by atoms with Gasteiger partial charge in [-0.1, -0.05) is 24.6 Å². The highest BCUT2D eigenvalue weighted by molar-refractivity contribution is 9.10. The van der Waals surface area contributed by atoms with Crippen molar-refractivity contribution in [2.75, 3.05) is 6.54 Å². The molecule has 5 heteroatoms. The Morgan fingerprint density at radius 1 is 1.42 bits per heavy atom. The third-order valence-electron chi connectivity index (χ3n) is 2.82. The first kappa shape index (κ1) is 15.0. The molecular formula is C14H14BrClFNS. The number of hydrogen-bond donors (Lipinski definition) is 1. The van der Waals surface area contributed by atoms with Crippen molar-refractivity contribution in [2.24, 2.45) is 0 Å². The molecular weight excluding hydrogens is 349 g/mol. The summed E-state index contributed by atoms with van der Waals surface area (Å²) in [6, 6.07) is 7.20. The molecule has 0 saturated heterocycles. The van der Waals surface area contributed by atoms with E-state index in [1.807, 2.05) is 13.0 Å². The molecule has 2 aromatic rings. The van der Waals surface area contributed by atoms with Crippen molar-refractivity contribution in [1.29, 1.82) is 0 Å². The summed E-state index contributed by atoms with van der Waals surface area (Å²) in [5.74, 6) is -0.366. The van der Waals surface area contributed by atoms with Gasteiger partial charge in [0.15, 0.2) is 0 Å². The Labute approximate surface area is 129 Å². The van der Waals surface area contributed by atoms with Gasteiger partial charge in [0.25, 0.3) is 0 Å². The molecule has 0 radical (unpaired) electrons. The van der Waals surface area contributed by atoms with Crippen LogP contribution in [-0.2, 0) is 6.42 Å². The molecule has 0 amide bonds. The lowest BCUT2D eigenvalue weighted by Crippen LogP contribution is -2.22. The molecule has 1 atom stereocenters. The van der Waals surface area contributed by atoms with E-state index in [0.29, 0.717) is 0 Å². The average Bonchev–Trinajstić information content (AvgIpc) is 2.78. The number of nitrogens with one attached hydrogen (secondary N) is 1. The Bertz CT molecular complexity index is 558. The molecule has 0 bridgehead atoms. The summed E-state index contributed by atoms with van der Waals surface area (Å²) < 4.78 is 14.6. The van der Waals surface area contributed by atoms with Crippen LogP contribution in [0.4, 0.5) is 4.39 Å². The first-order chi connectivity index (χ1) is 9.10. The Hall–Kier alpha value is -0.420. The van der Waals surface area contributed by atoms with E-state index in [-0.39, 0.29) is 16.9 Å². The lowest BCUT2D eigenvalue weighted by Gasteiger charge is -2.18. The molecule has 1 unspecified atom stereocenters. The van der Waals surface area contributed by atoms with E-state index in [0.717, 1.165) is 23.0 Å². The predicted molar refractivity (Wildman–Crippen MR) is 83.6 cm³/mol. The van der Waals surface area contributed by atoms with E-state index in [9.17, 15) is 4.39 Å². The molecule has 0 spiro atoms. The Morgan fingerprint density at radius 3 is 2.79 bits per heavy atom. The van der Waals surface area contributed by atoms with Crippen LogP contribution in [0.15, 0.2) is 34.1 Å². The highest BCUT2D eigenvalue weighted by Gasteiger charge is 2.14. The van der Waals surface area contributed by atoms with E-state index < -0.39 is 0 Å². The predicted octanol–water partition coefficient (Wildman–Crippen LogP) is 5.20. The summed E-state index contributed by atoms with van der Waals surface area (Å²) in [5, 5.41) is 5.61. The number of likely N-dealkylation sites (N-methyl/N-ethyl adjacent to an activating group) is 1. The van der Waals surface area contributed by atoms with Crippen LogP contribution >= 0.6 is 38.9 Å². The van der Waals surface area contributed by atoms with Gasteiger partial charge in [-0.3, -0.25) is 0 Å². The molecule has 2 rings (SSSR count). The number of hydrogen-bond acceptors (Lipinski definition) is 2. The molecule has 0 fully saturated rings. The normalized spacial score (nSPS) is 12.6. The van der Waals surface area contributed by atoms with Gasteiger partial charge < -0.3 is 5.32 Å². The highest BCUT2D eigenvalue weighted by Crippen LogP contribution is 2.27. The van der Waals surface area contributed by atoms with Crippen molar-refractivity contribution in [3.63, 3.8) is 0 Å². The van der Waals surface area contributed by atoms with Crippen molar-refractivity contribution in [1.82, 2.24) is 5.32 Å². The first-order valence-electron chi connectivity index (χ1n) is 6.01. The molecule has 1 aromatic carbocycles. The van der Waals surface area contributed by atoms with Crippen molar-refractivity contribution in [3.05, 3.63) is 55.4 Å². The van der Waals surface area contributed by atoms with Crippen molar-refractivity contribution in [3.8, 4) is 0 Å². The van der Waals surface area contributed by atoms with E-state index in [1.54, 1.807) is 17.4 Å². The van der Waals surface area contributed by atoms with Gasteiger partial charge in [0.2, 0.25) is 0 Å². The maximum Gasteiger partial charge on any atom is 0.142 e. The van der Waals surface area contributed by atoms with Gasteiger partial charge in [-0.15, -0.1) is 11.3 Å². The van der Waals surface area contributed by atoms with Crippen LogP contribution in [0.25, 0.3) is 0 Å². The average molecular weight is 363 g/mol. The van der Waals surface area contributed by atoms with Gasteiger partial charge in [-0.2, -0.15) is 0 Å². The summed E-state index contributed by atoms with van der Waals surface area (Å²) in [5.41, 5.74) is 0.924. The summed E-state index contributed by atoms with van der Waals surface area (Å²) in [6.45, 7) is 2.88. The van der Waals surface area contributed by atoms with Gasteiger partial charge in [0, 0.05) is 27.2 Å². The third-order valence-corrected chi connectivity index (χ3v) is 4.85.